The second kappa shape index (κ2) is 14.4. The van der Waals surface area contributed by atoms with Crippen LogP contribution in [0, 0.1) is 0 Å². The fraction of sp³-hybridized carbons (Fsp3) is 0.316. The van der Waals surface area contributed by atoms with Gasteiger partial charge < -0.3 is 0 Å². The summed E-state index contributed by atoms with van der Waals surface area (Å²) in [6.45, 7) is 10.1. The zero-order valence-corrected chi connectivity index (χ0v) is 17.2. The number of anilines is 1. The third-order valence-electron chi connectivity index (χ3n) is 2.43. The predicted molar refractivity (Wildman–Crippen MR) is 107 cm³/mol. The number of hydrogen-bond donors (Lipinski definition) is 1. The van der Waals surface area contributed by atoms with E-state index in [9.17, 15) is 4.79 Å². The number of hydrogen-bond acceptors (Lipinski definition) is 2. The molecule has 0 aromatic heterocycles. The number of benzene rings is 2. The zero-order chi connectivity index (χ0) is 17.5. The second-order valence-electron chi connectivity index (χ2n) is 3.81. The first-order valence-corrected chi connectivity index (χ1v) is 11.9. The van der Waals surface area contributed by atoms with E-state index < -0.39 is 0 Å². The average molecular weight is 396 g/mol. The van der Waals surface area contributed by atoms with E-state index in [0.717, 1.165) is 21.5 Å². The molecule has 23 heavy (non-hydrogen) atoms. The third-order valence-corrected chi connectivity index (χ3v) is 7.07. The predicted octanol–water partition coefficient (Wildman–Crippen LogP) is 4.99. The van der Waals surface area contributed by atoms with E-state index in [2.05, 4.69) is 12.2 Å². The van der Waals surface area contributed by atoms with Crippen LogP contribution >= 0.6 is 10.2 Å². The molecule has 0 heterocycles. The Balaban J connectivity index is 0.00000112. The SMILES string of the molecule is CC.CC.CCS[Se]c1ccccc1C(=O)Nc1ccccc1. The molecule has 1 amide bonds. The Morgan fingerprint density at radius 2 is 1.52 bits per heavy atom. The van der Waals surface area contributed by atoms with Gasteiger partial charge in [-0.25, -0.2) is 0 Å². The fourth-order valence-corrected chi connectivity index (χ4v) is 4.92. The summed E-state index contributed by atoms with van der Waals surface area (Å²) in [6.07, 6.45) is 0. The summed E-state index contributed by atoms with van der Waals surface area (Å²) in [5.41, 5.74) is 1.62. The Morgan fingerprint density at radius 3 is 2.13 bits per heavy atom. The molecule has 2 aromatic rings. The van der Waals surface area contributed by atoms with E-state index in [0.29, 0.717) is 13.8 Å². The quantitative estimate of drug-likeness (QED) is 0.722. The molecule has 0 aliphatic heterocycles. The van der Waals surface area contributed by atoms with Gasteiger partial charge in [0.25, 0.3) is 0 Å². The number of amides is 1. The van der Waals surface area contributed by atoms with Crippen molar-refractivity contribution in [1.82, 2.24) is 0 Å². The first-order chi connectivity index (χ1) is 11.3. The van der Waals surface area contributed by atoms with Crippen LogP contribution in [0.25, 0.3) is 0 Å². The number of rotatable bonds is 5. The standard InChI is InChI=1S/C15H15NOSSe.2C2H6/c1-2-18-19-14-11-7-6-10-13(14)15(17)16-12-8-4-3-5-9-12;2*1-2/h3-11H,2H2,1H3,(H,16,17);2*1-2H3. The van der Waals surface area contributed by atoms with Gasteiger partial charge in [-0.1, -0.05) is 27.7 Å². The third kappa shape index (κ3) is 8.26. The molecule has 4 heteroatoms. The van der Waals surface area contributed by atoms with Crippen LogP contribution in [-0.4, -0.2) is 25.5 Å². The summed E-state index contributed by atoms with van der Waals surface area (Å²) in [7, 11) is 1.88. The number of para-hydroxylation sites is 1. The second-order valence-corrected chi connectivity index (χ2v) is 8.24. The van der Waals surface area contributed by atoms with Crippen molar-refractivity contribution in [3.05, 3.63) is 60.2 Å². The van der Waals surface area contributed by atoms with Crippen LogP contribution in [0.2, 0.25) is 0 Å². The molecule has 0 fully saturated rings. The molecular formula is C19H27NOSSe. The summed E-state index contributed by atoms with van der Waals surface area (Å²) in [6, 6.07) is 17.4. The molecular weight excluding hydrogens is 369 g/mol. The topological polar surface area (TPSA) is 29.1 Å². The molecule has 0 bridgehead atoms. The van der Waals surface area contributed by atoms with E-state index in [1.54, 1.807) is 0 Å². The van der Waals surface area contributed by atoms with E-state index >= 15 is 0 Å². The van der Waals surface area contributed by atoms with Crippen molar-refractivity contribution in [2.45, 2.75) is 34.6 Å². The van der Waals surface area contributed by atoms with Crippen LogP contribution in [0.3, 0.4) is 0 Å². The molecule has 0 saturated heterocycles. The van der Waals surface area contributed by atoms with Gasteiger partial charge in [0.1, 0.15) is 0 Å². The minimum atomic E-state index is -0.0274. The maximum absolute atomic E-state index is 12.3. The number of nitrogens with one attached hydrogen (secondary N) is 1. The molecule has 2 aromatic carbocycles. The molecule has 0 saturated carbocycles. The van der Waals surface area contributed by atoms with Gasteiger partial charge >= 0.3 is 123 Å². The van der Waals surface area contributed by atoms with Crippen molar-refractivity contribution in [3.8, 4) is 0 Å². The van der Waals surface area contributed by atoms with Gasteiger partial charge in [0.2, 0.25) is 0 Å². The zero-order valence-electron chi connectivity index (χ0n) is 14.6. The van der Waals surface area contributed by atoms with Crippen molar-refractivity contribution in [3.63, 3.8) is 0 Å². The summed E-state index contributed by atoms with van der Waals surface area (Å²) in [5, 5.41) is 2.94. The fourth-order valence-electron chi connectivity index (χ4n) is 1.57. The van der Waals surface area contributed by atoms with E-state index in [4.69, 9.17) is 0 Å². The first-order valence-electron chi connectivity index (χ1n) is 8.06. The van der Waals surface area contributed by atoms with E-state index in [1.807, 2.05) is 92.5 Å². The van der Waals surface area contributed by atoms with Crippen LogP contribution in [-0.2, 0) is 0 Å². The monoisotopic (exact) mass is 397 g/mol. The Bertz CT molecular complexity index is 546. The summed E-state index contributed by atoms with van der Waals surface area (Å²) >= 11 is 0.291. The average Bonchev–Trinajstić information content (AvgIpc) is 2.64. The summed E-state index contributed by atoms with van der Waals surface area (Å²) < 4.78 is 1.15. The van der Waals surface area contributed by atoms with Crippen LogP contribution in [0.5, 0.6) is 0 Å². The maximum atomic E-state index is 12.3. The van der Waals surface area contributed by atoms with Gasteiger partial charge in [-0.3, -0.25) is 0 Å². The molecule has 0 radical (unpaired) electrons. The van der Waals surface area contributed by atoms with Crippen molar-refractivity contribution >= 4 is 40.1 Å². The van der Waals surface area contributed by atoms with Gasteiger partial charge in [-0.15, -0.1) is 0 Å². The van der Waals surface area contributed by atoms with Crippen LogP contribution in [0.1, 0.15) is 45.0 Å². The summed E-state index contributed by atoms with van der Waals surface area (Å²) in [5.74, 6) is 1.05. The molecule has 1 N–H and O–H groups in total. The molecule has 2 rings (SSSR count). The Labute approximate surface area is 150 Å². The molecule has 126 valence electrons. The van der Waals surface area contributed by atoms with Crippen molar-refractivity contribution in [1.29, 1.82) is 0 Å². The van der Waals surface area contributed by atoms with Crippen LogP contribution < -0.4 is 9.78 Å². The summed E-state index contributed by atoms with van der Waals surface area (Å²) in [4.78, 5) is 12.3. The Morgan fingerprint density at radius 1 is 0.957 bits per heavy atom. The number of carbonyl (C=O) groups excluding carboxylic acids is 1. The van der Waals surface area contributed by atoms with Gasteiger partial charge in [-0.05, 0) is 0 Å². The molecule has 0 atom stereocenters. The van der Waals surface area contributed by atoms with Crippen LogP contribution in [0.15, 0.2) is 54.6 Å². The van der Waals surface area contributed by atoms with E-state index in [-0.39, 0.29) is 5.91 Å². The molecule has 0 aliphatic rings. The van der Waals surface area contributed by atoms with Crippen molar-refractivity contribution < 1.29 is 4.79 Å². The van der Waals surface area contributed by atoms with Gasteiger partial charge in [0.15, 0.2) is 0 Å². The van der Waals surface area contributed by atoms with Crippen molar-refractivity contribution in [2.24, 2.45) is 0 Å². The minimum absolute atomic E-state index is 0.0274. The number of carbonyl (C=O) groups is 1. The molecule has 2 nitrogen and oxygen atoms in total. The normalized spacial score (nSPS) is 8.91. The Hall–Kier alpha value is -1.22. The Kier molecular flexibility index (Phi) is 13.6. The molecule has 0 aliphatic carbocycles. The van der Waals surface area contributed by atoms with Gasteiger partial charge in [-0.2, -0.15) is 0 Å². The first kappa shape index (κ1) is 21.8. The van der Waals surface area contributed by atoms with Gasteiger partial charge in [0.05, 0.1) is 0 Å². The van der Waals surface area contributed by atoms with Crippen molar-refractivity contribution in [2.75, 3.05) is 11.1 Å². The van der Waals surface area contributed by atoms with Gasteiger partial charge in [0, 0.05) is 0 Å². The van der Waals surface area contributed by atoms with Crippen LogP contribution in [0.4, 0.5) is 5.69 Å². The molecule has 0 unspecified atom stereocenters. The van der Waals surface area contributed by atoms with E-state index in [1.165, 1.54) is 0 Å². The molecule has 0 spiro atoms.